The molecule has 0 N–H and O–H groups in total. The van der Waals surface area contributed by atoms with Crippen LogP contribution in [0, 0.1) is 5.92 Å². The quantitative estimate of drug-likeness (QED) is 0.295. The number of halogens is 1. The zero-order chi connectivity index (χ0) is 25.8. The van der Waals surface area contributed by atoms with E-state index in [-0.39, 0.29) is 29.3 Å². The van der Waals surface area contributed by atoms with Crippen LogP contribution in [0.5, 0.6) is 5.75 Å². The lowest BCUT2D eigenvalue weighted by atomic mass is 9.76. The minimum absolute atomic E-state index is 0.165. The highest BCUT2D eigenvalue weighted by Crippen LogP contribution is 2.43. The van der Waals surface area contributed by atoms with Crippen LogP contribution in [0.4, 0.5) is 0 Å². The molecule has 0 heterocycles. The molecule has 2 aromatic carbocycles. The fraction of sp³-hybridized carbons (Fsp3) is 0.517. The fourth-order valence-electron chi connectivity index (χ4n) is 3.85. The molecule has 1 atom stereocenters. The number of carbonyl (C=O) groups excluding carboxylic acids is 2. The van der Waals surface area contributed by atoms with E-state index in [1.165, 1.54) is 0 Å². The van der Waals surface area contributed by atoms with E-state index in [0.717, 1.165) is 11.1 Å². The van der Waals surface area contributed by atoms with Crippen molar-refractivity contribution in [1.82, 2.24) is 0 Å². The minimum atomic E-state index is -0.550. The van der Waals surface area contributed by atoms with Crippen molar-refractivity contribution < 1.29 is 19.1 Å². The van der Waals surface area contributed by atoms with Gasteiger partial charge in [0.1, 0.15) is 5.75 Å². The van der Waals surface area contributed by atoms with Crippen molar-refractivity contribution in [1.29, 1.82) is 0 Å². The first-order valence-corrected chi connectivity index (χ1v) is 12.4. The first-order valence-electron chi connectivity index (χ1n) is 12.0. The van der Waals surface area contributed by atoms with Crippen LogP contribution in [0.15, 0.2) is 36.4 Å². The Morgan fingerprint density at radius 2 is 1.62 bits per heavy atom. The smallest absolute Gasteiger partial charge is 0.343 e. The minimum Gasteiger partial charge on any atom is -0.466 e. The molecule has 0 saturated heterocycles. The first kappa shape index (κ1) is 27.9. The van der Waals surface area contributed by atoms with Crippen molar-refractivity contribution in [3.05, 3.63) is 63.7 Å². The summed E-state index contributed by atoms with van der Waals surface area (Å²) in [5.41, 5.74) is 2.50. The van der Waals surface area contributed by atoms with Gasteiger partial charge in [0.05, 0.1) is 18.1 Å². The zero-order valence-electron chi connectivity index (χ0n) is 22.0. The van der Waals surface area contributed by atoms with E-state index < -0.39 is 11.9 Å². The molecule has 2 aromatic rings. The monoisotopic (exact) mass is 486 g/mol. The molecule has 2 rings (SSSR count). The molecule has 5 heteroatoms. The molecule has 34 heavy (non-hydrogen) atoms. The summed E-state index contributed by atoms with van der Waals surface area (Å²) in [4.78, 5) is 26.4. The molecule has 0 spiro atoms. The van der Waals surface area contributed by atoms with Crippen LogP contribution >= 0.6 is 11.6 Å². The molecule has 0 aromatic heterocycles. The van der Waals surface area contributed by atoms with Gasteiger partial charge >= 0.3 is 11.9 Å². The summed E-state index contributed by atoms with van der Waals surface area (Å²) < 4.78 is 11.6. The van der Waals surface area contributed by atoms with E-state index >= 15 is 0 Å². The number of carbonyl (C=O) groups is 2. The van der Waals surface area contributed by atoms with Gasteiger partial charge in [0, 0.05) is 16.1 Å². The Bertz CT molecular complexity index is 1030. The molecule has 0 saturated carbocycles. The highest BCUT2D eigenvalue weighted by Gasteiger charge is 2.34. The second-order valence-corrected chi connectivity index (χ2v) is 11.7. The van der Waals surface area contributed by atoms with Gasteiger partial charge in [-0.15, -0.1) is 0 Å². The maximum absolute atomic E-state index is 13.2. The number of rotatable bonds is 7. The van der Waals surface area contributed by atoms with E-state index in [4.69, 9.17) is 21.1 Å². The first-order chi connectivity index (χ1) is 15.6. The van der Waals surface area contributed by atoms with Crippen molar-refractivity contribution in [3.8, 4) is 5.75 Å². The fourth-order valence-corrected chi connectivity index (χ4v) is 4.04. The molecular weight excluding hydrogens is 448 g/mol. The van der Waals surface area contributed by atoms with Crippen molar-refractivity contribution in [2.75, 3.05) is 6.61 Å². The normalized spacial score (nSPS) is 13.0. The number of ether oxygens (including phenoxy) is 2. The van der Waals surface area contributed by atoms with Gasteiger partial charge in [-0.3, -0.25) is 4.79 Å². The molecule has 0 aliphatic carbocycles. The zero-order valence-corrected chi connectivity index (χ0v) is 22.8. The topological polar surface area (TPSA) is 52.6 Å². The van der Waals surface area contributed by atoms with Crippen LogP contribution in [0.2, 0.25) is 5.02 Å². The highest BCUT2D eigenvalue weighted by molar-refractivity contribution is 6.30. The van der Waals surface area contributed by atoms with Crippen molar-refractivity contribution in [3.63, 3.8) is 0 Å². The number of hydrogen-bond donors (Lipinski definition) is 0. The van der Waals surface area contributed by atoms with E-state index in [2.05, 4.69) is 61.5 Å². The maximum atomic E-state index is 13.2. The molecule has 0 radical (unpaired) electrons. The highest BCUT2D eigenvalue weighted by atomic mass is 35.5. The van der Waals surface area contributed by atoms with Crippen LogP contribution in [0.1, 0.15) is 102 Å². The van der Waals surface area contributed by atoms with Crippen LogP contribution in [0.3, 0.4) is 0 Å². The summed E-state index contributed by atoms with van der Waals surface area (Å²) in [7, 11) is 0. The molecule has 0 aliphatic rings. The Balaban J connectivity index is 2.82. The van der Waals surface area contributed by atoms with Gasteiger partial charge < -0.3 is 9.47 Å². The van der Waals surface area contributed by atoms with Crippen LogP contribution in [-0.2, 0) is 20.4 Å². The number of hydrogen-bond acceptors (Lipinski definition) is 4. The van der Waals surface area contributed by atoms with Gasteiger partial charge in [-0.2, -0.15) is 0 Å². The molecule has 0 amide bonds. The van der Waals surface area contributed by atoms with Crippen LogP contribution in [0.25, 0.3) is 0 Å². The molecule has 4 nitrogen and oxygen atoms in total. The standard InChI is InChI=1S/C29H39ClO4/c1-10-33-27(32)23(14-18(2)3)22-16-20(28(4,5)6)17-24(29(7,8)9)25(22)34-26(31)19-12-11-13-21(30)15-19/h11-13,15-18,23H,10,14H2,1-9H3. The molecule has 0 fully saturated rings. The number of benzene rings is 2. The Morgan fingerprint density at radius 3 is 2.12 bits per heavy atom. The van der Waals surface area contributed by atoms with Crippen molar-refractivity contribution >= 4 is 23.5 Å². The van der Waals surface area contributed by atoms with Crippen LogP contribution in [-0.4, -0.2) is 18.5 Å². The van der Waals surface area contributed by atoms with Gasteiger partial charge in [-0.05, 0) is 53.9 Å². The summed E-state index contributed by atoms with van der Waals surface area (Å²) in [6.07, 6.45) is 0.581. The Labute approximate surface area is 210 Å². The lowest BCUT2D eigenvalue weighted by molar-refractivity contribution is -0.145. The lowest BCUT2D eigenvalue weighted by Gasteiger charge is -2.31. The van der Waals surface area contributed by atoms with Crippen molar-refractivity contribution in [2.45, 2.75) is 85.5 Å². The third-order valence-electron chi connectivity index (χ3n) is 5.70. The van der Waals surface area contributed by atoms with Gasteiger partial charge in [0.25, 0.3) is 0 Å². The van der Waals surface area contributed by atoms with E-state index in [1.807, 2.05) is 6.07 Å². The molecular formula is C29H39ClO4. The summed E-state index contributed by atoms with van der Waals surface area (Å²) in [5, 5.41) is 0.456. The Kier molecular flexibility index (Phi) is 8.98. The summed E-state index contributed by atoms with van der Waals surface area (Å²) >= 11 is 6.11. The average molecular weight is 487 g/mol. The molecule has 0 aliphatic heterocycles. The van der Waals surface area contributed by atoms with Gasteiger partial charge in [0.2, 0.25) is 0 Å². The molecule has 1 unspecified atom stereocenters. The van der Waals surface area contributed by atoms with Crippen LogP contribution < -0.4 is 4.74 Å². The number of esters is 2. The molecule has 186 valence electrons. The van der Waals surface area contributed by atoms with E-state index in [0.29, 0.717) is 28.3 Å². The summed E-state index contributed by atoms with van der Waals surface area (Å²) in [5.74, 6) is -0.691. The van der Waals surface area contributed by atoms with E-state index in [9.17, 15) is 9.59 Å². The Morgan fingerprint density at radius 1 is 0.971 bits per heavy atom. The van der Waals surface area contributed by atoms with Gasteiger partial charge in [-0.25, -0.2) is 4.79 Å². The SMILES string of the molecule is CCOC(=O)C(CC(C)C)c1cc(C(C)(C)C)cc(C(C)(C)C)c1OC(=O)c1cccc(Cl)c1. The lowest BCUT2D eigenvalue weighted by Crippen LogP contribution is -2.25. The predicted octanol–water partition coefficient (Wildman–Crippen LogP) is 7.85. The maximum Gasteiger partial charge on any atom is 0.343 e. The third-order valence-corrected chi connectivity index (χ3v) is 5.94. The van der Waals surface area contributed by atoms with Gasteiger partial charge in [-0.1, -0.05) is 85.2 Å². The average Bonchev–Trinajstić information content (AvgIpc) is 2.70. The second kappa shape index (κ2) is 10.9. The summed E-state index contributed by atoms with van der Waals surface area (Å²) in [6.45, 7) is 18.9. The van der Waals surface area contributed by atoms with E-state index in [1.54, 1.807) is 31.2 Å². The summed E-state index contributed by atoms with van der Waals surface area (Å²) in [6, 6.07) is 10.8. The largest absolute Gasteiger partial charge is 0.466 e. The second-order valence-electron chi connectivity index (χ2n) is 11.3. The van der Waals surface area contributed by atoms with Crippen molar-refractivity contribution in [2.24, 2.45) is 5.92 Å². The van der Waals surface area contributed by atoms with Gasteiger partial charge in [0.15, 0.2) is 0 Å². The molecule has 0 bridgehead atoms. The predicted molar refractivity (Wildman–Crippen MR) is 139 cm³/mol. The Hall–Kier alpha value is -2.33. The third kappa shape index (κ3) is 7.09.